The van der Waals surface area contributed by atoms with Gasteiger partial charge in [0.25, 0.3) is 5.91 Å². The van der Waals surface area contributed by atoms with Crippen molar-refractivity contribution in [1.82, 2.24) is 4.90 Å². The molecule has 0 saturated heterocycles. The van der Waals surface area contributed by atoms with E-state index < -0.39 is 6.10 Å². The zero-order chi connectivity index (χ0) is 12.1. The van der Waals surface area contributed by atoms with E-state index in [2.05, 4.69) is 11.6 Å². The van der Waals surface area contributed by atoms with Crippen molar-refractivity contribution in [2.75, 3.05) is 18.2 Å². The second-order valence-corrected chi connectivity index (χ2v) is 4.74. The first-order valence-corrected chi connectivity index (χ1v) is 6.49. The molecular formula is C10H15ClN2O2S. The van der Waals surface area contributed by atoms with Crippen molar-refractivity contribution in [3.8, 4) is 0 Å². The Morgan fingerprint density at radius 2 is 2.50 bits per heavy atom. The minimum Gasteiger partial charge on any atom is -0.391 e. The minimum absolute atomic E-state index is 0.0252. The molecule has 2 unspecified atom stereocenters. The van der Waals surface area contributed by atoms with Crippen molar-refractivity contribution in [2.45, 2.75) is 19.1 Å². The summed E-state index contributed by atoms with van der Waals surface area (Å²) in [5.41, 5.74) is 0. The lowest BCUT2D eigenvalue weighted by Gasteiger charge is -2.16. The molecule has 6 heteroatoms. The lowest BCUT2D eigenvalue weighted by atomic mass is 10.3. The zero-order valence-electron chi connectivity index (χ0n) is 9.10. The molecule has 1 rings (SSSR count). The summed E-state index contributed by atoms with van der Waals surface area (Å²) in [5.74, 6) is 0.601. The van der Waals surface area contributed by atoms with Gasteiger partial charge in [0.05, 0.1) is 6.10 Å². The first-order chi connectivity index (χ1) is 7.60. The van der Waals surface area contributed by atoms with Gasteiger partial charge in [-0.25, -0.2) is 4.99 Å². The lowest BCUT2D eigenvalue weighted by Crippen LogP contribution is -2.33. The number of aliphatic hydroxyl groups excluding tert-OH is 1. The highest BCUT2D eigenvalue weighted by molar-refractivity contribution is 8.13. The number of hydrogen-bond acceptors (Lipinski definition) is 4. The Balaban J connectivity index is 2.59. The van der Waals surface area contributed by atoms with Crippen LogP contribution in [0.5, 0.6) is 0 Å². The third-order valence-corrected chi connectivity index (χ3v) is 3.54. The van der Waals surface area contributed by atoms with Gasteiger partial charge in [-0.2, -0.15) is 0 Å². The highest BCUT2D eigenvalue weighted by Crippen LogP contribution is 2.20. The molecule has 0 radical (unpaired) electrons. The molecule has 1 amide bonds. The number of amidine groups is 1. The summed E-state index contributed by atoms with van der Waals surface area (Å²) < 4.78 is 0. The minimum atomic E-state index is -0.578. The molecule has 0 fully saturated rings. The number of alkyl halides is 1. The molecule has 0 bridgehead atoms. The van der Waals surface area contributed by atoms with Crippen molar-refractivity contribution >= 4 is 34.4 Å². The maximum atomic E-state index is 11.7. The van der Waals surface area contributed by atoms with Crippen LogP contribution in [0, 0.1) is 0 Å². The second kappa shape index (κ2) is 6.27. The van der Waals surface area contributed by atoms with Gasteiger partial charge in [0.15, 0.2) is 5.17 Å². The Hall–Kier alpha value is -0.520. The average Bonchev–Trinajstić information content (AvgIpc) is 2.54. The van der Waals surface area contributed by atoms with Crippen LogP contribution in [0.15, 0.2) is 17.6 Å². The summed E-state index contributed by atoms with van der Waals surface area (Å²) in [6.45, 7) is 5.81. The van der Waals surface area contributed by atoms with Gasteiger partial charge in [-0.3, -0.25) is 9.69 Å². The number of amides is 1. The number of halogens is 1. The van der Waals surface area contributed by atoms with E-state index in [1.165, 1.54) is 11.8 Å². The largest absolute Gasteiger partial charge is 0.391 e. The number of aliphatic hydroxyl groups is 1. The molecule has 0 aliphatic carbocycles. The molecule has 0 aromatic carbocycles. The van der Waals surface area contributed by atoms with Crippen LogP contribution >= 0.6 is 23.4 Å². The quantitative estimate of drug-likeness (QED) is 0.596. The van der Waals surface area contributed by atoms with Crippen molar-refractivity contribution in [3.63, 3.8) is 0 Å². The number of carbonyl (C=O) groups is 1. The molecule has 0 saturated carbocycles. The Morgan fingerprint density at radius 1 is 1.81 bits per heavy atom. The maximum Gasteiger partial charge on any atom is 0.253 e. The SMILES string of the molecule is C=CCN1C(=O)C(C)N=C1SCC(O)CCl. The molecule has 90 valence electrons. The number of carbonyl (C=O) groups excluding carboxylic acids is 1. The fraction of sp³-hybridized carbons (Fsp3) is 0.600. The predicted molar refractivity (Wildman–Crippen MR) is 68.0 cm³/mol. The number of nitrogens with zero attached hydrogens (tertiary/aromatic N) is 2. The van der Waals surface area contributed by atoms with Gasteiger partial charge in [0.1, 0.15) is 6.04 Å². The van der Waals surface area contributed by atoms with Crippen LogP contribution in [0.25, 0.3) is 0 Å². The standard InChI is InChI=1S/C10H15ClN2O2S/c1-3-4-13-9(15)7(2)12-10(13)16-6-8(14)5-11/h3,7-8,14H,1,4-6H2,2H3. The van der Waals surface area contributed by atoms with E-state index in [1.807, 2.05) is 0 Å². The Morgan fingerprint density at radius 3 is 3.06 bits per heavy atom. The molecule has 4 nitrogen and oxygen atoms in total. The van der Waals surface area contributed by atoms with Crippen LogP contribution in [0.4, 0.5) is 0 Å². The normalized spacial score (nSPS) is 22.2. The van der Waals surface area contributed by atoms with Crippen LogP contribution in [-0.2, 0) is 4.79 Å². The molecule has 1 N–H and O–H groups in total. The molecular weight excluding hydrogens is 248 g/mol. The fourth-order valence-electron chi connectivity index (χ4n) is 1.24. The number of thioether (sulfide) groups is 1. The van der Waals surface area contributed by atoms with Crippen molar-refractivity contribution < 1.29 is 9.90 Å². The van der Waals surface area contributed by atoms with Gasteiger partial charge in [0, 0.05) is 18.2 Å². The highest BCUT2D eigenvalue weighted by Gasteiger charge is 2.30. The smallest absolute Gasteiger partial charge is 0.253 e. The van der Waals surface area contributed by atoms with E-state index in [4.69, 9.17) is 11.6 Å². The number of aliphatic imine (C=N–C) groups is 1. The summed E-state index contributed by atoms with van der Waals surface area (Å²) in [6, 6.07) is -0.337. The van der Waals surface area contributed by atoms with Crippen LogP contribution in [0.2, 0.25) is 0 Å². The Bertz CT molecular complexity index is 309. The molecule has 1 aliphatic rings. The summed E-state index contributed by atoms with van der Waals surface area (Å²) in [5, 5.41) is 9.98. The van der Waals surface area contributed by atoms with E-state index >= 15 is 0 Å². The lowest BCUT2D eigenvalue weighted by molar-refractivity contribution is -0.126. The molecule has 2 atom stereocenters. The maximum absolute atomic E-state index is 11.7. The van der Waals surface area contributed by atoms with Crippen molar-refractivity contribution in [2.24, 2.45) is 4.99 Å². The number of rotatable bonds is 5. The van der Waals surface area contributed by atoms with E-state index in [9.17, 15) is 9.90 Å². The van der Waals surface area contributed by atoms with Crippen LogP contribution < -0.4 is 0 Å². The fourth-order valence-corrected chi connectivity index (χ4v) is 2.49. The number of hydrogen-bond donors (Lipinski definition) is 1. The molecule has 0 spiro atoms. The topological polar surface area (TPSA) is 52.9 Å². The highest BCUT2D eigenvalue weighted by atomic mass is 35.5. The van der Waals surface area contributed by atoms with Gasteiger partial charge in [-0.15, -0.1) is 18.2 Å². The Kier molecular flexibility index (Phi) is 5.31. The summed E-state index contributed by atoms with van der Waals surface area (Å²) in [6.07, 6.45) is 1.08. The van der Waals surface area contributed by atoms with Crippen LogP contribution in [0.3, 0.4) is 0 Å². The van der Waals surface area contributed by atoms with E-state index in [1.54, 1.807) is 17.9 Å². The van der Waals surface area contributed by atoms with Gasteiger partial charge >= 0.3 is 0 Å². The van der Waals surface area contributed by atoms with Gasteiger partial charge in [-0.1, -0.05) is 17.8 Å². The van der Waals surface area contributed by atoms with Gasteiger partial charge < -0.3 is 5.11 Å². The van der Waals surface area contributed by atoms with E-state index in [-0.39, 0.29) is 17.8 Å². The molecule has 0 aromatic rings. The van der Waals surface area contributed by atoms with Crippen LogP contribution in [0.1, 0.15) is 6.92 Å². The van der Waals surface area contributed by atoms with Crippen LogP contribution in [-0.4, -0.2) is 51.4 Å². The monoisotopic (exact) mass is 262 g/mol. The molecule has 0 aromatic heterocycles. The van der Waals surface area contributed by atoms with Gasteiger partial charge in [-0.05, 0) is 6.92 Å². The average molecular weight is 263 g/mol. The van der Waals surface area contributed by atoms with E-state index in [0.717, 1.165) is 0 Å². The van der Waals surface area contributed by atoms with Crippen molar-refractivity contribution in [3.05, 3.63) is 12.7 Å². The first-order valence-electron chi connectivity index (χ1n) is 4.97. The first kappa shape index (κ1) is 13.5. The molecule has 1 aliphatic heterocycles. The summed E-state index contributed by atoms with van der Waals surface area (Å²) in [7, 11) is 0. The predicted octanol–water partition coefficient (Wildman–Crippen LogP) is 1.09. The van der Waals surface area contributed by atoms with E-state index in [0.29, 0.717) is 17.5 Å². The Labute approximate surface area is 104 Å². The third-order valence-electron chi connectivity index (χ3n) is 2.05. The summed E-state index contributed by atoms with van der Waals surface area (Å²) in [4.78, 5) is 17.5. The van der Waals surface area contributed by atoms with Crippen molar-refractivity contribution in [1.29, 1.82) is 0 Å². The molecule has 16 heavy (non-hydrogen) atoms. The molecule has 1 heterocycles. The second-order valence-electron chi connectivity index (χ2n) is 3.44. The zero-order valence-corrected chi connectivity index (χ0v) is 10.7. The summed E-state index contributed by atoms with van der Waals surface area (Å²) >= 11 is 6.84. The van der Waals surface area contributed by atoms with Gasteiger partial charge in [0.2, 0.25) is 0 Å². The third kappa shape index (κ3) is 3.23.